The van der Waals surface area contributed by atoms with Gasteiger partial charge in [-0.05, 0) is 43.8 Å². The number of halogens is 2. The molecule has 0 unspecified atom stereocenters. The van der Waals surface area contributed by atoms with E-state index in [4.69, 9.17) is 0 Å². The van der Waals surface area contributed by atoms with Crippen molar-refractivity contribution in [2.75, 3.05) is 26.7 Å². The highest BCUT2D eigenvalue weighted by atomic mass is 32.2. The highest BCUT2D eigenvalue weighted by Crippen LogP contribution is 2.29. The molecule has 0 aliphatic carbocycles. The Hall–Kier alpha value is -1.06. The molecule has 2 rings (SSSR count). The van der Waals surface area contributed by atoms with Gasteiger partial charge >= 0.3 is 5.76 Å². The molecule has 0 saturated carbocycles. The molecule has 0 spiro atoms. The van der Waals surface area contributed by atoms with Gasteiger partial charge in [-0.2, -0.15) is 8.78 Å². The van der Waals surface area contributed by atoms with Gasteiger partial charge in [0.25, 0.3) is 5.91 Å². The molecule has 2 heterocycles. The number of thiophene rings is 1. The van der Waals surface area contributed by atoms with E-state index in [-0.39, 0.29) is 4.88 Å². The minimum absolute atomic E-state index is 0.118. The number of hydrogen-bond acceptors (Lipinski definition) is 5. The van der Waals surface area contributed by atoms with Crippen molar-refractivity contribution in [3.8, 4) is 0 Å². The van der Waals surface area contributed by atoms with Gasteiger partial charge in [-0.15, -0.1) is 11.3 Å². The Morgan fingerprint density at radius 2 is 2.09 bits per heavy atom. The van der Waals surface area contributed by atoms with Gasteiger partial charge in [-0.1, -0.05) is 0 Å². The Morgan fingerprint density at radius 3 is 2.64 bits per heavy atom. The first kappa shape index (κ1) is 17.3. The lowest BCUT2D eigenvalue weighted by Gasteiger charge is -2.31. The van der Waals surface area contributed by atoms with E-state index in [0.717, 1.165) is 36.8 Å². The molecule has 1 fully saturated rings. The van der Waals surface area contributed by atoms with Crippen molar-refractivity contribution in [1.29, 1.82) is 0 Å². The van der Waals surface area contributed by atoms with E-state index in [2.05, 4.69) is 5.32 Å². The van der Waals surface area contributed by atoms with Crippen LogP contribution in [0.3, 0.4) is 0 Å². The van der Waals surface area contributed by atoms with Crippen molar-refractivity contribution in [2.45, 2.75) is 23.5 Å². The van der Waals surface area contributed by atoms with Gasteiger partial charge in [0.15, 0.2) is 0 Å². The second kappa shape index (κ2) is 7.01. The Labute approximate surface area is 132 Å². The molecule has 0 bridgehead atoms. The van der Waals surface area contributed by atoms with E-state index in [1.165, 1.54) is 5.38 Å². The van der Waals surface area contributed by atoms with Crippen LogP contribution in [0.1, 0.15) is 22.5 Å². The van der Waals surface area contributed by atoms with Gasteiger partial charge in [0.2, 0.25) is 9.84 Å². The van der Waals surface area contributed by atoms with Gasteiger partial charge in [0.05, 0.1) is 4.90 Å². The molecule has 9 heteroatoms. The van der Waals surface area contributed by atoms with E-state index in [1.54, 1.807) is 4.90 Å². The minimum atomic E-state index is -4.75. The molecule has 1 aliphatic heterocycles. The number of rotatable bonds is 5. The Morgan fingerprint density at radius 1 is 1.45 bits per heavy atom. The number of carbonyl (C=O) groups is 1. The van der Waals surface area contributed by atoms with Crippen LogP contribution in [0.2, 0.25) is 0 Å². The number of amides is 1. The van der Waals surface area contributed by atoms with E-state index in [1.807, 2.05) is 7.05 Å². The summed E-state index contributed by atoms with van der Waals surface area (Å²) >= 11 is 0.891. The van der Waals surface area contributed by atoms with E-state index in [0.29, 0.717) is 19.0 Å². The van der Waals surface area contributed by atoms with Gasteiger partial charge in [0, 0.05) is 13.1 Å². The minimum Gasteiger partial charge on any atom is -0.338 e. The topological polar surface area (TPSA) is 66.5 Å². The average molecular weight is 352 g/mol. The van der Waals surface area contributed by atoms with Crippen molar-refractivity contribution < 1.29 is 22.0 Å². The summed E-state index contributed by atoms with van der Waals surface area (Å²) in [5.41, 5.74) is 0. The third-order valence-electron chi connectivity index (χ3n) is 3.76. The summed E-state index contributed by atoms with van der Waals surface area (Å²) in [4.78, 5) is 13.3. The maximum atomic E-state index is 12.7. The van der Waals surface area contributed by atoms with Crippen LogP contribution in [-0.2, 0) is 9.84 Å². The van der Waals surface area contributed by atoms with Crippen molar-refractivity contribution in [3.05, 3.63) is 16.3 Å². The van der Waals surface area contributed by atoms with Crippen molar-refractivity contribution in [2.24, 2.45) is 5.92 Å². The van der Waals surface area contributed by atoms with E-state index in [9.17, 15) is 22.0 Å². The molecule has 1 amide bonds. The molecular weight excluding hydrogens is 334 g/mol. The SMILES string of the molecule is CNCC1CCN(C(=O)c2sccc2S(=O)(=O)C(F)F)CC1. The lowest BCUT2D eigenvalue weighted by molar-refractivity contribution is 0.0692. The first-order valence-corrected chi connectivity index (χ1v) is 9.34. The summed E-state index contributed by atoms with van der Waals surface area (Å²) in [6.07, 6.45) is 1.63. The molecule has 0 radical (unpaired) electrons. The molecule has 5 nitrogen and oxygen atoms in total. The number of sulfone groups is 1. The Bertz CT molecular complexity index is 623. The fourth-order valence-electron chi connectivity index (χ4n) is 2.55. The van der Waals surface area contributed by atoms with Crippen LogP contribution in [0.5, 0.6) is 0 Å². The molecule has 22 heavy (non-hydrogen) atoms. The van der Waals surface area contributed by atoms with E-state index < -0.39 is 26.4 Å². The largest absolute Gasteiger partial charge is 0.341 e. The lowest BCUT2D eigenvalue weighted by Crippen LogP contribution is -2.40. The number of likely N-dealkylation sites (tertiary alicyclic amines) is 1. The fraction of sp³-hybridized carbons (Fsp3) is 0.615. The maximum absolute atomic E-state index is 12.7. The molecule has 1 saturated heterocycles. The van der Waals surface area contributed by atoms with Crippen LogP contribution in [0.4, 0.5) is 8.78 Å². The first-order chi connectivity index (χ1) is 10.4. The van der Waals surface area contributed by atoms with Gasteiger partial charge in [0.1, 0.15) is 4.88 Å². The third-order valence-corrected chi connectivity index (χ3v) is 6.21. The molecule has 1 aliphatic rings. The monoisotopic (exact) mass is 352 g/mol. The summed E-state index contributed by atoms with van der Waals surface area (Å²) in [6.45, 7) is 1.89. The standard InChI is InChI=1S/C13H18F2N2O3S2/c1-16-8-9-2-5-17(6-3-9)12(18)11-10(4-7-21-11)22(19,20)13(14)15/h4,7,9,13,16H,2-3,5-6,8H2,1H3. The zero-order valence-electron chi connectivity index (χ0n) is 12.1. The van der Waals surface area contributed by atoms with Crippen LogP contribution >= 0.6 is 11.3 Å². The number of carbonyl (C=O) groups excluding carboxylic acids is 1. The van der Waals surface area contributed by atoms with Crippen molar-refractivity contribution in [1.82, 2.24) is 10.2 Å². The molecule has 1 aromatic heterocycles. The van der Waals surface area contributed by atoms with E-state index >= 15 is 0 Å². The van der Waals surface area contributed by atoms with Crippen molar-refractivity contribution in [3.63, 3.8) is 0 Å². The highest BCUT2D eigenvalue weighted by Gasteiger charge is 2.34. The molecular formula is C13H18F2N2O3S2. The third kappa shape index (κ3) is 3.47. The lowest BCUT2D eigenvalue weighted by atomic mass is 9.97. The number of piperidine rings is 1. The highest BCUT2D eigenvalue weighted by molar-refractivity contribution is 7.92. The molecule has 124 valence electrons. The first-order valence-electron chi connectivity index (χ1n) is 6.91. The summed E-state index contributed by atoms with van der Waals surface area (Å²) in [7, 11) is -2.88. The summed E-state index contributed by atoms with van der Waals surface area (Å²) < 4.78 is 48.6. The van der Waals surface area contributed by atoms with Crippen LogP contribution in [-0.4, -0.2) is 51.7 Å². The predicted molar refractivity (Wildman–Crippen MR) is 80.1 cm³/mol. The molecule has 1 aromatic rings. The summed E-state index contributed by atoms with van der Waals surface area (Å²) in [6, 6.07) is 1.08. The number of nitrogens with zero attached hydrogens (tertiary/aromatic N) is 1. The Kier molecular flexibility index (Phi) is 5.51. The summed E-state index contributed by atoms with van der Waals surface area (Å²) in [5.74, 6) is -3.52. The van der Waals surface area contributed by atoms with Crippen LogP contribution < -0.4 is 5.32 Å². The number of hydrogen-bond donors (Lipinski definition) is 1. The number of nitrogens with one attached hydrogen (secondary N) is 1. The normalized spacial score (nSPS) is 17.2. The van der Waals surface area contributed by atoms with Gasteiger partial charge in [-0.25, -0.2) is 8.42 Å². The van der Waals surface area contributed by atoms with Crippen LogP contribution in [0.15, 0.2) is 16.3 Å². The van der Waals surface area contributed by atoms with Gasteiger partial charge in [-0.3, -0.25) is 4.79 Å². The maximum Gasteiger partial charge on any atom is 0.341 e. The molecule has 0 atom stereocenters. The van der Waals surface area contributed by atoms with Crippen LogP contribution in [0.25, 0.3) is 0 Å². The molecule has 0 aromatic carbocycles. The quantitative estimate of drug-likeness (QED) is 0.878. The second-order valence-corrected chi connectivity index (χ2v) is 8.02. The smallest absolute Gasteiger partial charge is 0.338 e. The predicted octanol–water partition coefficient (Wildman–Crippen LogP) is 1.82. The zero-order chi connectivity index (χ0) is 16.3. The second-order valence-electron chi connectivity index (χ2n) is 5.21. The average Bonchev–Trinajstić information content (AvgIpc) is 2.97. The molecule has 1 N–H and O–H groups in total. The number of alkyl halides is 2. The summed E-state index contributed by atoms with van der Waals surface area (Å²) in [5, 5.41) is 4.44. The van der Waals surface area contributed by atoms with Crippen molar-refractivity contribution >= 4 is 27.1 Å². The van der Waals surface area contributed by atoms with Gasteiger partial charge < -0.3 is 10.2 Å². The zero-order valence-corrected chi connectivity index (χ0v) is 13.7. The van der Waals surface area contributed by atoms with Crippen LogP contribution in [0, 0.1) is 5.92 Å². The fourth-order valence-corrected chi connectivity index (χ4v) is 4.67. The Balaban J connectivity index is 2.14.